The van der Waals surface area contributed by atoms with Crippen molar-refractivity contribution in [3.63, 3.8) is 0 Å². The number of carbonyl (C=O) groups excluding carboxylic acids is 2. The standard InChI is InChI=1S/C24H24ClN3O4S/c1-3-28(4-2)24(30)17-8-7-9-19(16-17)26-23(29)21-10-5-6-11-22(21)27-33(31,32)20-14-12-18(25)13-15-20/h5-16,27H,3-4H2,1-2H3,(H,26,29). The van der Waals surface area contributed by atoms with Gasteiger partial charge in [-0.15, -0.1) is 0 Å². The molecule has 0 fully saturated rings. The number of halogens is 1. The van der Waals surface area contributed by atoms with E-state index in [0.29, 0.717) is 29.4 Å². The Balaban J connectivity index is 1.83. The molecule has 2 N–H and O–H groups in total. The molecule has 3 rings (SSSR count). The van der Waals surface area contributed by atoms with E-state index >= 15 is 0 Å². The number of benzene rings is 3. The SMILES string of the molecule is CCN(CC)C(=O)c1cccc(NC(=O)c2ccccc2NS(=O)(=O)c2ccc(Cl)cc2)c1. The summed E-state index contributed by atoms with van der Waals surface area (Å²) in [5, 5.41) is 3.15. The molecule has 3 aromatic carbocycles. The normalized spacial score (nSPS) is 11.0. The number of nitrogens with zero attached hydrogens (tertiary/aromatic N) is 1. The maximum atomic E-state index is 13.0. The highest BCUT2D eigenvalue weighted by molar-refractivity contribution is 7.92. The van der Waals surface area contributed by atoms with Crippen molar-refractivity contribution in [1.29, 1.82) is 0 Å². The summed E-state index contributed by atoms with van der Waals surface area (Å²) in [4.78, 5) is 27.3. The highest BCUT2D eigenvalue weighted by Gasteiger charge is 2.19. The minimum Gasteiger partial charge on any atom is -0.339 e. The van der Waals surface area contributed by atoms with E-state index in [1.54, 1.807) is 41.3 Å². The van der Waals surface area contributed by atoms with E-state index in [1.165, 1.54) is 36.4 Å². The first kappa shape index (κ1) is 24.3. The number of amides is 2. The van der Waals surface area contributed by atoms with Crippen molar-refractivity contribution in [3.05, 3.63) is 88.9 Å². The third-order valence-corrected chi connectivity index (χ3v) is 6.59. The van der Waals surface area contributed by atoms with E-state index in [4.69, 9.17) is 11.6 Å². The fourth-order valence-electron chi connectivity index (χ4n) is 3.21. The fraction of sp³-hybridized carbons (Fsp3) is 0.167. The fourth-order valence-corrected chi connectivity index (χ4v) is 4.42. The van der Waals surface area contributed by atoms with Gasteiger partial charge in [0.15, 0.2) is 0 Å². The van der Waals surface area contributed by atoms with E-state index in [1.807, 2.05) is 13.8 Å². The zero-order chi connectivity index (χ0) is 24.0. The van der Waals surface area contributed by atoms with Crippen LogP contribution in [-0.2, 0) is 10.0 Å². The molecule has 0 radical (unpaired) electrons. The molecule has 0 heterocycles. The lowest BCUT2D eigenvalue weighted by Crippen LogP contribution is -2.30. The largest absolute Gasteiger partial charge is 0.339 e. The maximum absolute atomic E-state index is 13.0. The van der Waals surface area contributed by atoms with E-state index < -0.39 is 15.9 Å². The van der Waals surface area contributed by atoms with E-state index in [2.05, 4.69) is 10.0 Å². The average molecular weight is 486 g/mol. The van der Waals surface area contributed by atoms with Gasteiger partial charge < -0.3 is 10.2 Å². The first-order valence-electron chi connectivity index (χ1n) is 10.3. The van der Waals surface area contributed by atoms with Crippen LogP contribution in [0, 0.1) is 0 Å². The van der Waals surface area contributed by atoms with Gasteiger partial charge in [0, 0.05) is 29.4 Å². The second-order valence-corrected chi connectivity index (χ2v) is 9.24. The van der Waals surface area contributed by atoms with Gasteiger partial charge in [0.25, 0.3) is 21.8 Å². The van der Waals surface area contributed by atoms with Crippen molar-refractivity contribution in [2.75, 3.05) is 23.1 Å². The lowest BCUT2D eigenvalue weighted by Gasteiger charge is -2.19. The summed E-state index contributed by atoms with van der Waals surface area (Å²) in [6.07, 6.45) is 0. The predicted octanol–water partition coefficient (Wildman–Crippen LogP) is 4.88. The van der Waals surface area contributed by atoms with E-state index in [0.717, 1.165) is 0 Å². The van der Waals surface area contributed by atoms with Crippen LogP contribution in [0.4, 0.5) is 11.4 Å². The molecule has 0 unspecified atom stereocenters. The molecule has 3 aromatic rings. The zero-order valence-corrected chi connectivity index (χ0v) is 19.8. The Bertz CT molecular complexity index is 1260. The van der Waals surface area contributed by atoms with Crippen molar-refractivity contribution in [3.8, 4) is 0 Å². The molecule has 0 aliphatic heterocycles. The summed E-state index contributed by atoms with van der Waals surface area (Å²) < 4.78 is 28.0. The van der Waals surface area contributed by atoms with Gasteiger partial charge in [0.2, 0.25) is 0 Å². The summed E-state index contributed by atoms with van der Waals surface area (Å²) in [5.41, 5.74) is 1.14. The second kappa shape index (κ2) is 10.5. The van der Waals surface area contributed by atoms with Crippen LogP contribution < -0.4 is 10.0 Å². The number of carbonyl (C=O) groups is 2. The minimum absolute atomic E-state index is 0.0183. The zero-order valence-electron chi connectivity index (χ0n) is 18.2. The minimum atomic E-state index is -3.93. The lowest BCUT2D eigenvalue weighted by molar-refractivity contribution is 0.0772. The van der Waals surface area contributed by atoms with Gasteiger partial charge >= 0.3 is 0 Å². The van der Waals surface area contributed by atoms with Crippen LogP contribution in [0.2, 0.25) is 5.02 Å². The Morgan fingerprint density at radius 2 is 1.58 bits per heavy atom. The van der Waals surface area contributed by atoms with Crippen LogP contribution in [-0.4, -0.2) is 38.2 Å². The third-order valence-electron chi connectivity index (χ3n) is 4.96. The molecule has 0 aromatic heterocycles. The molecule has 33 heavy (non-hydrogen) atoms. The Hall–Kier alpha value is -3.36. The highest BCUT2D eigenvalue weighted by Crippen LogP contribution is 2.23. The van der Waals surface area contributed by atoms with Crippen LogP contribution in [0.25, 0.3) is 0 Å². The number of rotatable bonds is 8. The molecular formula is C24H24ClN3O4S. The Kier molecular flexibility index (Phi) is 7.73. The van der Waals surface area contributed by atoms with Gasteiger partial charge in [0.05, 0.1) is 16.1 Å². The molecule has 0 saturated heterocycles. The smallest absolute Gasteiger partial charge is 0.261 e. The molecule has 0 bridgehead atoms. The molecular weight excluding hydrogens is 462 g/mol. The van der Waals surface area contributed by atoms with E-state index in [9.17, 15) is 18.0 Å². The number of sulfonamides is 1. The topological polar surface area (TPSA) is 95.6 Å². The molecule has 9 heteroatoms. The molecule has 0 aliphatic rings. The number of hydrogen-bond acceptors (Lipinski definition) is 4. The maximum Gasteiger partial charge on any atom is 0.261 e. The molecule has 0 spiro atoms. The van der Waals surface area contributed by atoms with Crippen LogP contribution in [0.3, 0.4) is 0 Å². The molecule has 0 saturated carbocycles. The average Bonchev–Trinajstić information content (AvgIpc) is 2.80. The summed E-state index contributed by atoms with van der Waals surface area (Å²) >= 11 is 5.84. The molecule has 7 nitrogen and oxygen atoms in total. The van der Waals surface area contributed by atoms with Crippen molar-refractivity contribution in [2.24, 2.45) is 0 Å². The molecule has 172 valence electrons. The number of nitrogens with one attached hydrogen (secondary N) is 2. The highest BCUT2D eigenvalue weighted by atomic mass is 35.5. The lowest BCUT2D eigenvalue weighted by atomic mass is 10.1. The Morgan fingerprint density at radius 1 is 0.909 bits per heavy atom. The monoisotopic (exact) mass is 485 g/mol. The van der Waals surface area contributed by atoms with Crippen LogP contribution >= 0.6 is 11.6 Å². The Morgan fingerprint density at radius 3 is 2.24 bits per heavy atom. The number of anilines is 2. The quantitative estimate of drug-likeness (QED) is 0.475. The van der Waals surface area contributed by atoms with E-state index in [-0.39, 0.29) is 22.1 Å². The van der Waals surface area contributed by atoms with Gasteiger partial charge in [-0.3, -0.25) is 14.3 Å². The summed E-state index contributed by atoms with van der Waals surface area (Å²) in [6, 6.07) is 18.6. The molecule has 0 atom stereocenters. The van der Waals surface area contributed by atoms with Crippen molar-refractivity contribution < 1.29 is 18.0 Å². The van der Waals surface area contributed by atoms with Gasteiger partial charge in [-0.05, 0) is 68.4 Å². The molecule has 2 amide bonds. The van der Waals surface area contributed by atoms with Crippen LogP contribution in [0.15, 0.2) is 77.7 Å². The summed E-state index contributed by atoms with van der Waals surface area (Å²) in [5.74, 6) is -0.649. The number of para-hydroxylation sites is 1. The summed E-state index contributed by atoms with van der Waals surface area (Å²) in [7, 11) is -3.93. The van der Waals surface area contributed by atoms with Crippen molar-refractivity contribution in [2.45, 2.75) is 18.7 Å². The summed E-state index contributed by atoms with van der Waals surface area (Å²) in [6.45, 7) is 4.95. The predicted molar refractivity (Wildman–Crippen MR) is 130 cm³/mol. The third kappa shape index (κ3) is 5.91. The van der Waals surface area contributed by atoms with Gasteiger partial charge in [-0.25, -0.2) is 8.42 Å². The van der Waals surface area contributed by atoms with Crippen LogP contribution in [0.1, 0.15) is 34.6 Å². The number of hydrogen-bond donors (Lipinski definition) is 2. The Labute approximate surface area is 198 Å². The molecule has 0 aliphatic carbocycles. The van der Waals surface area contributed by atoms with Crippen molar-refractivity contribution >= 4 is 44.8 Å². The first-order chi connectivity index (χ1) is 15.7. The van der Waals surface area contributed by atoms with Crippen LogP contribution in [0.5, 0.6) is 0 Å². The van der Waals surface area contributed by atoms with Gasteiger partial charge in [0.1, 0.15) is 0 Å². The second-order valence-electron chi connectivity index (χ2n) is 7.12. The van der Waals surface area contributed by atoms with Crippen molar-refractivity contribution in [1.82, 2.24) is 4.90 Å². The van der Waals surface area contributed by atoms with Gasteiger partial charge in [-0.1, -0.05) is 29.8 Å². The van der Waals surface area contributed by atoms with Gasteiger partial charge in [-0.2, -0.15) is 0 Å². The first-order valence-corrected chi connectivity index (χ1v) is 12.2.